The van der Waals surface area contributed by atoms with Gasteiger partial charge in [-0.05, 0) is 49.9 Å². The molecule has 4 nitrogen and oxygen atoms in total. The van der Waals surface area contributed by atoms with Crippen LogP contribution in [0, 0.1) is 5.92 Å². The second-order valence-corrected chi connectivity index (χ2v) is 7.76. The average Bonchev–Trinajstić information content (AvgIpc) is 2.34. The lowest BCUT2D eigenvalue weighted by Crippen LogP contribution is -2.40. The Morgan fingerprint density at radius 2 is 2.10 bits per heavy atom. The lowest BCUT2D eigenvalue weighted by molar-refractivity contribution is 0.260. The number of sulfonamides is 1. The second-order valence-electron chi connectivity index (χ2n) is 5.63. The predicted octanol–water partition coefficient (Wildman–Crippen LogP) is 2.92. The Morgan fingerprint density at radius 3 is 2.62 bits per heavy atom. The largest absolute Gasteiger partial charge is 0.313 e. The van der Waals surface area contributed by atoms with E-state index >= 15 is 0 Å². The van der Waals surface area contributed by atoms with Crippen molar-refractivity contribution in [3.63, 3.8) is 0 Å². The van der Waals surface area contributed by atoms with Crippen molar-refractivity contribution in [3.8, 4) is 0 Å². The standard InChI is InChI=1S/C15H23ClN2O2S/c1-3-17-10-13-7-8-14(9-15(13)16)21(19,20)18-11(2)12-5-4-6-12/h7-9,11-12,17-18H,3-6,10H2,1-2H3. The van der Waals surface area contributed by atoms with Crippen LogP contribution in [0.2, 0.25) is 5.02 Å². The van der Waals surface area contributed by atoms with E-state index in [1.807, 2.05) is 13.8 Å². The first-order chi connectivity index (χ1) is 9.94. The third kappa shape index (κ3) is 4.19. The molecular weight excluding hydrogens is 308 g/mol. The Hall–Kier alpha value is -0.620. The van der Waals surface area contributed by atoms with Crippen LogP contribution in [0.4, 0.5) is 0 Å². The van der Waals surface area contributed by atoms with E-state index in [4.69, 9.17) is 11.6 Å². The van der Waals surface area contributed by atoms with E-state index < -0.39 is 10.0 Å². The second kappa shape index (κ2) is 7.09. The molecule has 0 saturated heterocycles. The van der Waals surface area contributed by atoms with Gasteiger partial charge in [0.05, 0.1) is 4.90 Å². The molecule has 1 atom stereocenters. The maximum absolute atomic E-state index is 12.4. The van der Waals surface area contributed by atoms with Crippen LogP contribution in [-0.2, 0) is 16.6 Å². The van der Waals surface area contributed by atoms with Gasteiger partial charge >= 0.3 is 0 Å². The first-order valence-electron chi connectivity index (χ1n) is 7.45. The molecule has 0 aromatic heterocycles. The van der Waals surface area contributed by atoms with Crippen molar-refractivity contribution < 1.29 is 8.42 Å². The number of hydrogen-bond acceptors (Lipinski definition) is 3. The van der Waals surface area contributed by atoms with E-state index in [1.54, 1.807) is 12.1 Å². The van der Waals surface area contributed by atoms with E-state index in [0.29, 0.717) is 17.5 Å². The highest BCUT2D eigenvalue weighted by molar-refractivity contribution is 7.89. The molecule has 1 unspecified atom stereocenters. The summed E-state index contributed by atoms with van der Waals surface area (Å²) in [6.07, 6.45) is 3.40. The van der Waals surface area contributed by atoms with Gasteiger partial charge in [0.2, 0.25) is 10.0 Å². The topological polar surface area (TPSA) is 58.2 Å². The van der Waals surface area contributed by atoms with Crippen LogP contribution in [0.5, 0.6) is 0 Å². The molecule has 118 valence electrons. The summed E-state index contributed by atoms with van der Waals surface area (Å²) in [5.74, 6) is 0.461. The Balaban J connectivity index is 2.10. The molecule has 1 aromatic carbocycles. The Labute approximate surface area is 132 Å². The SMILES string of the molecule is CCNCc1ccc(S(=O)(=O)NC(C)C2CCC2)cc1Cl. The van der Waals surface area contributed by atoms with Gasteiger partial charge in [0.15, 0.2) is 0 Å². The molecule has 6 heteroatoms. The molecule has 2 rings (SSSR count). The van der Waals surface area contributed by atoms with E-state index in [2.05, 4.69) is 10.0 Å². The van der Waals surface area contributed by atoms with Crippen molar-refractivity contribution in [3.05, 3.63) is 28.8 Å². The first-order valence-corrected chi connectivity index (χ1v) is 9.31. The lowest BCUT2D eigenvalue weighted by atomic mass is 9.81. The van der Waals surface area contributed by atoms with E-state index in [1.165, 1.54) is 12.5 Å². The molecule has 0 spiro atoms. The van der Waals surface area contributed by atoms with Crippen LogP contribution in [-0.4, -0.2) is 21.0 Å². The summed E-state index contributed by atoms with van der Waals surface area (Å²) in [6.45, 7) is 5.43. The summed E-state index contributed by atoms with van der Waals surface area (Å²) in [5.41, 5.74) is 0.907. The predicted molar refractivity (Wildman–Crippen MR) is 86.0 cm³/mol. The summed E-state index contributed by atoms with van der Waals surface area (Å²) in [6, 6.07) is 4.90. The van der Waals surface area contributed by atoms with Gasteiger partial charge in [-0.3, -0.25) is 0 Å². The van der Waals surface area contributed by atoms with Crippen LogP contribution in [0.1, 0.15) is 38.7 Å². The Morgan fingerprint density at radius 1 is 1.38 bits per heavy atom. The van der Waals surface area contributed by atoms with Gasteiger partial charge in [-0.25, -0.2) is 13.1 Å². The molecule has 2 N–H and O–H groups in total. The lowest BCUT2D eigenvalue weighted by Gasteiger charge is -2.31. The van der Waals surface area contributed by atoms with Crippen LogP contribution in [0.25, 0.3) is 0 Å². The number of hydrogen-bond donors (Lipinski definition) is 2. The van der Waals surface area contributed by atoms with Crippen LogP contribution < -0.4 is 10.0 Å². The maximum Gasteiger partial charge on any atom is 0.240 e. The molecule has 0 amide bonds. The molecule has 0 radical (unpaired) electrons. The molecule has 1 fully saturated rings. The average molecular weight is 331 g/mol. The normalized spacial score (nSPS) is 17.5. The Kier molecular flexibility index (Phi) is 5.66. The van der Waals surface area contributed by atoms with Crippen molar-refractivity contribution in [1.29, 1.82) is 0 Å². The zero-order valence-corrected chi connectivity index (χ0v) is 14.1. The van der Waals surface area contributed by atoms with E-state index in [9.17, 15) is 8.42 Å². The van der Waals surface area contributed by atoms with Crippen molar-refractivity contribution >= 4 is 21.6 Å². The monoisotopic (exact) mass is 330 g/mol. The molecule has 0 heterocycles. The first kappa shape index (κ1) is 16.7. The summed E-state index contributed by atoms with van der Waals surface area (Å²) < 4.78 is 27.5. The highest BCUT2D eigenvalue weighted by Gasteiger charge is 2.28. The highest BCUT2D eigenvalue weighted by Crippen LogP contribution is 2.30. The number of benzene rings is 1. The number of rotatable bonds is 7. The smallest absolute Gasteiger partial charge is 0.240 e. The van der Waals surface area contributed by atoms with Crippen LogP contribution >= 0.6 is 11.6 Å². The summed E-state index contributed by atoms with van der Waals surface area (Å²) in [5, 5.41) is 3.66. The van der Waals surface area contributed by atoms with Gasteiger partial charge in [-0.1, -0.05) is 31.0 Å². The quantitative estimate of drug-likeness (QED) is 0.808. The summed E-state index contributed by atoms with van der Waals surface area (Å²) in [4.78, 5) is 0.235. The maximum atomic E-state index is 12.4. The minimum atomic E-state index is -3.50. The van der Waals surface area contributed by atoms with Gasteiger partial charge in [-0.2, -0.15) is 0 Å². The van der Waals surface area contributed by atoms with Gasteiger partial charge in [0, 0.05) is 17.6 Å². The zero-order chi connectivity index (χ0) is 15.5. The van der Waals surface area contributed by atoms with Gasteiger partial charge < -0.3 is 5.32 Å². The summed E-state index contributed by atoms with van der Waals surface area (Å²) >= 11 is 6.18. The fourth-order valence-electron chi connectivity index (χ4n) is 2.45. The third-order valence-electron chi connectivity index (χ3n) is 4.10. The number of nitrogens with one attached hydrogen (secondary N) is 2. The molecule has 1 saturated carbocycles. The van der Waals surface area contributed by atoms with Gasteiger partial charge in [-0.15, -0.1) is 0 Å². The fourth-order valence-corrected chi connectivity index (χ4v) is 4.10. The van der Waals surface area contributed by atoms with Crippen LogP contribution in [0.15, 0.2) is 23.1 Å². The molecule has 1 aliphatic rings. The minimum absolute atomic E-state index is 0.0241. The zero-order valence-electron chi connectivity index (χ0n) is 12.5. The van der Waals surface area contributed by atoms with E-state index in [-0.39, 0.29) is 10.9 Å². The van der Waals surface area contributed by atoms with Crippen molar-refractivity contribution in [2.45, 2.75) is 50.6 Å². The van der Waals surface area contributed by atoms with Gasteiger partial charge in [0.25, 0.3) is 0 Å². The van der Waals surface area contributed by atoms with E-state index in [0.717, 1.165) is 24.9 Å². The summed E-state index contributed by atoms with van der Waals surface area (Å²) in [7, 11) is -3.50. The minimum Gasteiger partial charge on any atom is -0.313 e. The molecule has 21 heavy (non-hydrogen) atoms. The van der Waals surface area contributed by atoms with Crippen molar-refractivity contribution in [1.82, 2.24) is 10.0 Å². The molecular formula is C15H23ClN2O2S. The molecule has 0 bridgehead atoms. The van der Waals surface area contributed by atoms with Crippen LogP contribution in [0.3, 0.4) is 0 Å². The molecule has 1 aromatic rings. The highest BCUT2D eigenvalue weighted by atomic mass is 35.5. The number of halogens is 1. The Bertz CT molecular complexity index is 585. The van der Waals surface area contributed by atoms with Crippen molar-refractivity contribution in [2.75, 3.05) is 6.54 Å². The molecule has 0 aliphatic heterocycles. The third-order valence-corrected chi connectivity index (χ3v) is 6.01. The van der Waals surface area contributed by atoms with Crippen molar-refractivity contribution in [2.24, 2.45) is 5.92 Å². The van der Waals surface area contributed by atoms with Gasteiger partial charge in [0.1, 0.15) is 0 Å². The molecule has 1 aliphatic carbocycles. The fraction of sp³-hybridized carbons (Fsp3) is 0.600.